The van der Waals surface area contributed by atoms with E-state index in [9.17, 15) is 14.0 Å². The highest BCUT2D eigenvalue weighted by atomic mass is 19.1. The van der Waals surface area contributed by atoms with Gasteiger partial charge in [0.15, 0.2) is 0 Å². The first kappa shape index (κ1) is 11.8. The van der Waals surface area contributed by atoms with Crippen LogP contribution in [0.5, 0.6) is 0 Å². The fraction of sp³-hybridized carbons (Fsp3) is 0. The van der Waals surface area contributed by atoms with E-state index in [2.05, 4.69) is 15.0 Å². The summed E-state index contributed by atoms with van der Waals surface area (Å²) in [7, 11) is 0. The van der Waals surface area contributed by atoms with Crippen LogP contribution in [-0.2, 0) is 0 Å². The van der Waals surface area contributed by atoms with Gasteiger partial charge in [-0.25, -0.2) is 9.18 Å². The summed E-state index contributed by atoms with van der Waals surface area (Å²) in [6.45, 7) is 0. The Morgan fingerprint density at radius 3 is 2.72 bits per heavy atom. The number of hydrogen-bond acceptors (Lipinski definition) is 4. The third-order valence-electron chi connectivity index (χ3n) is 2.12. The van der Waals surface area contributed by atoms with E-state index in [0.717, 1.165) is 18.2 Å². The van der Waals surface area contributed by atoms with E-state index < -0.39 is 17.7 Å². The van der Waals surface area contributed by atoms with Gasteiger partial charge in [0.2, 0.25) is 5.76 Å². The number of aromatic nitrogens is 1. The molecule has 0 radical (unpaired) electrons. The second kappa shape index (κ2) is 4.66. The molecule has 0 aliphatic heterocycles. The Labute approximate surface area is 100 Å². The first-order valence-electron chi connectivity index (χ1n) is 4.83. The number of nitrogens with one attached hydrogen (secondary N) is 1. The maximum absolute atomic E-state index is 12.9. The van der Waals surface area contributed by atoms with Crippen molar-refractivity contribution >= 4 is 17.6 Å². The van der Waals surface area contributed by atoms with Crippen LogP contribution in [-0.4, -0.2) is 22.1 Å². The summed E-state index contributed by atoms with van der Waals surface area (Å²) in [6.07, 6.45) is 1.28. The van der Waals surface area contributed by atoms with Crippen molar-refractivity contribution in [1.82, 2.24) is 5.16 Å². The van der Waals surface area contributed by atoms with Gasteiger partial charge in [0.25, 0.3) is 5.91 Å². The molecule has 0 saturated carbocycles. The standard InChI is InChI=1S/C11H7FN2O4/c12-6-1-2-8(7(5-6)11(16)17)14-10(15)9-3-4-13-18-9/h1-5H,(H,14,15)(H,16,17). The lowest BCUT2D eigenvalue weighted by atomic mass is 10.1. The zero-order valence-corrected chi connectivity index (χ0v) is 8.88. The summed E-state index contributed by atoms with van der Waals surface area (Å²) in [4.78, 5) is 22.5. The van der Waals surface area contributed by atoms with Gasteiger partial charge >= 0.3 is 5.97 Å². The zero-order chi connectivity index (χ0) is 13.1. The SMILES string of the molecule is O=C(Nc1ccc(F)cc1C(=O)O)c1ccno1. The molecule has 1 heterocycles. The average Bonchev–Trinajstić information content (AvgIpc) is 2.84. The number of aromatic carboxylic acids is 1. The van der Waals surface area contributed by atoms with Gasteiger partial charge in [-0.15, -0.1) is 0 Å². The largest absolute Gasteiger partial charge is 0.478 e. The maximum Gasteiger partial charge on any atom is 0.337 e. The summed E-state index contributed by atoms with van der Waals surface area (Å²) >= 11 is 0. The Morgan fingerprint density at radius 1 is 1.33 bits per heavy atom. The number of carbonyl (C=O) groups is 2. The molecule has 2 rings (SSSR count). The van der Waals surface area contributed by atoms with Gasteiger partial charge in [-0.1, -0.05) is 5.16 Å². The van der Waals surface area contributed by atoms with Crippen molar-refractivity contribution in [2.45, 2.75) is 0 Å². The van der Waals surface area contributed by atoms with E-state index in [0.29, 0.717) is 0 Å². The van der Waals surface area contributed by atoms with E-state index in [4.69, 9.17) is 5.11 Å². The Kier molecular flexibility index (Phi) is 3.05. The van der Waals surface area contributed by atoms with Crippen LogP contribution < -0.4 is 5.32 Å². The lowest BCUT2D eigenvalue weighted by molar-refractivity contribution is 0.0697. The van der Waals surface area contributed by atoms with Crippen LogP contribution in [0, 0.1) is 5.82 Å². The van der Waals surface area contributed by atoms with Crippen molar-refractivity contribution in [2.75, 3.05) is 5.32 Å². The van der Waals surface area contributed by atoms with Gasteiger partial charge in [0.1, 0.15) is 5.82 Å². The van der Waals surface area contributed by atoms with E-state index >= 15 is 0 Å². The predicted molar refractivity (Wildman–Crippen MR) is 57.8 cm³/mol. The number of amides is 1. The number of nitrogens with zero attached hydrogens (tertiary/aromatic N) is 1. The van der Waals surface area contributed by atoms with Crippen LogP contribution in [0.2, 0.25) is 0 Å². The minimum Gasteiger partial charge on any atom is -0.478 e. The number of halogens is 1. The summed E-state index contributed by atoms with van der Waals surface area (Å²) < 4.78 is 17.5. The van der Waals surface area contributed by atoms with Gasteiger partial charge in [0, 0.05) is 6.07 Å². The summed E-state index contributed by atoms with van der Waals surface area (Å²) in [6, 6.07) is 4.34. The molecule has 2 N–H and O–H groups in total. The molecule has 0 fully saturated rings. The van der Waals surface area contributed by atoms with Crippen molar-refractivity contribution in [1.29, 1.82) is 0 Å². The van der Waals surface area contributed by atoms with Crippen LogP contribution in [0.1, 0.15) is 20.9 Å². The Bertz CT molecular complexity index is 595. The Balaban J connectivity index is 2.29. The number of carboxylic acid groups (broad SMARTS) is 1. The minimum absolute atomic E-state index is 0.0229. The topological polar surface area (TPSA) is 92.4 Å². The molecule has 1 aromatic carbocycles. The maximum atomic E-state index is 12.9. The zero-order valence-electron chi connectivity index (χ0n) is 8.88. The Hall–Kier alpha value is -2.70. The molecule has 18 heavy (non-hydrogen) atoms. The van der Waals surface area contributed by atoms with Crippen LogP contribution in [0.25, 0.3) is 0 Å². The highest BCUT2D eigenvalue weighted by Crippen LogP contribution is 2.18. The molecule has 2 aromatic rings. The molecule has 92 valence electrons. The van der Waals surface area contributed by atoms with Crippen LogP contribution >= 0.6 is 0 Å². The number of carboxylic acids is 1. The molecule has 0 bridgehead atoms. The first-order chi connectivity index (χ1) is 8.58. The van der Waals surface area contributed by atoms with Crippen LogP contribution in [0.4, 0.5) is 10.1 Å². The molecule has 1 amide bonds. The summed E-state index contributed by atoms with van der Waals surface area (Å²) in [5, 5.41) is 14.5. The normalized spacial score (nSPS) is 10.1. The second-order valence-corrected chi connectivity index (χ2v) is 3.33. The minimum atomic E-state index is -1.35. The Morgan fingerprint density at radius 2 is 2.11 bits per heavy atom. The van der Waals surface area contributed by atoms with E-state index in [-0.39, 0.29) is 17.0 Å². The van der Waals surface area contributed by atoms with Gasteiger partial charge in [0.05, 0.1) is 17.4 Å². The summed E-state index contributed by atoms with van der Waals surface area (Å²) in [5.41, 5.74) is -0.367. The van der Waals surface area contributed by atoms with Crippen molar-refractivity contribution < 1.29 is 23.6 Å². The number of benzene rings is 1. The number of anilines is 1. The predicted octanol–water partition coefficient (Wildman–Crippen LogP) is 1.76. The molecule has 0 atom stereocenters. The van der Waals surface area contributed by atoms with Gasteiger partial charge in [-0.2, -0.15) is 0 Å². The molecule has 7 heteroatoms. The molecule has 0 spiro atoms. The van der Waals surface area contributed by atoms with Gasteiger partial charge < -0.3 is 14.9 Å². The molecule has 0 aliphatic rings. The van der Waals surface area contributed by atoms with E-state index in [1.165, 1.54) is 12.3 Å². The van der Waals surface area contributed by atoms with Crippen molar-refractivity contribution in [3.8, 4) is 0 Å². The fourth-order valence-electron chi connectivity index (χ4n) is 1.32. The third-order valence-corrected chi connectivity index (χ3v) is 2.12. The van der Waals surface area contributed by atoms with E-state index in [1.807, 2.05) is 0 Å². The highest BCUT2D eigenvalue weighted by molar-refractivity contribution is 6.06. The number of carbonyl (C=O) groups excluding carboxylic acids is 1. The van der Waals surface area contributed by atoms with Crippen molar-refractivity contribution in [2.24, 2.45) is 0 Å². The lowest BCUT2D eigenvalue weighted by Crippen LogP contribution is -2.14. The smallest absolute Gasteiger partial charge is 0.337 e. The second-order valence-electron chi connectivity index (χ2n) is 3.33. The molecule has 0 unspecified atom stereocenters. The van der Waals surface area contributed by atoms with Crippen LogP contribution in [0.15, 0.2) is 35.0 Å². The van der Waals surface area contributed by atoms with Gasteiger partial charge in [-0.05, 0) is 18.2 Å². The quantitative estimate of drug-likeness (QED) is 0.865. The summed E-state index contributed by atoms with van der Waals surface area (Å²) in [5.74, 6) is -2.79. The fourth-order valence-corrected chi connectivity index (χ4v) is 1.32. The van der Waals surface area contributed by atoms with Crippen molar-refractivity contribution in [3.05, 3.63) is 47.6 Å². The monoisotopic (exact) mass is 250 g/mol. The lowest BCUT2D eigenvalue weighted by Gasteiger charge is -2.06. The number of rotatable bonds is 3. The molecule has 0 aliphatic carbocycles. The first-order valence-corrected chi connectivity index (χ1v) is 4.83. The molecule has 1 aromatic heterocycles. The third kappa shape index (κ3) is 2.34. The molecular weight excluding hydrogens is 243 g/mol. The highest BCUT2D eigenvalue weighted by Gasteiger charge is 2.16. The van der Waals surface area contributed by atoms with Crippen molar-refractivity contribution in [3.63, 3.8) is 0 Å². The van der Waals surface area contributed by atoms with Gasteiger partial charge in [-0.3, -0.25) is 4.79 Å². The van der Waals surface area contributed by atoms with Crippen LogP contribution in [0.3, 0.4) is 0 Å². The average molecular weight is 250 g/mol. The number of hydrogen-bond donors (Lipinski definition) is 2. The molecule has 6 nitrogen and oxygen atoms in total. The van der Waals surface area contributed by atoms with E-state index in [1.54, 1.807) is 0 Å². The molecule has 0 saturated heterocycles. The molecular formula is C11H7FN2O4.